The lowest BCUT2D eigenvalue weighted by atomic mass is 9.98. The number of nitrogens with zero attached hydrogens (tertiary/aromatic N) is 1. The van der Waals surface area contributed by atoms with Crippen LogP contribution in [0.1, 0.15) is 30.9 Å². The fraction of sp³-hybridized carbons (Fsp3) is 0.611. The predicted octanol–water partition coefficient (Wildman–Crippen LogP) is 2.39. The molecule has 2 aliphatic heterocycles. The summed E-state index contributed by atoms with van der Waals surface area (Å²) in [5.74, 6) is 0.761. The summed E-state index contributed by atoms with van der Waals surface area (Å²) in [6.45, 7) is 6.84. The van der Waals surface area contributed by atoms with Crippen molar-refractivity contribution in [3.63, 3.8) is 0 Å². The average Bonchev–Trinajstić information content (AvgIpc) is 2.59. The molecule has 0 spiro atoms. The van der Waals surface area contributed by atoms with E-state index in [9.17, 15) is 4.79 Å². The normalized spacial score (nSPS) is 21.6. The third-order valence-electron chi connectivity index (χ3n) is 5.05. The zero-order chi connectivity index (χ0) is 15.4. The first-order valence-corrected chi connectivity index (χ1v) is 8.53. The molecule has 0 aliphatic carbocycles. The van der Waals surface area contributed by atoms with Crippen LogP contribution in [0.5, 0.6) is 0 Å². The van der Waals surface area contributed by atoms with E-state index in [0.717, 1.165) is 39.1 Å². The lowest BCUT2D eigenvalue weighted by Gasteiger charge is -2.33. The van der Waals surface area contributed by atoms with Gasteiger partial charge in [-0.2, -0.15) is 0 Å². The monoisotopic (exact) mass is 373 g/mol. The van der Waals surface area contributed by atoms with Crippen LogP contribution in [0, 0.1) is 5.92 Å². The van der Waals surface area contributed by atoms with Crippen LogP contribution in [0.15, 0.2) is 24.3 Å². The minimum Gasteiger partial charge on any atom is -0.354 e. The first kappa shape index (κ1) is 21.2. The van der Waals surface area contributed by atoms with Crippen molar-refractivity contribution in [2.45, 2.75) is 38.8 Å². The number of halogens is 2. The molecule has 136 valence electrons. The second-order valence-corrected chi connectivity index (χ2v) is 6.62. The van der Waals surface area contributed by atoms with Crippen LogP contribution in [-0.2, 0) is 17.8 Å². The van der Waals surface area contributed by atoms with Crippen molar-refractivity contribution in [2.24, 2.45) is 5.92 Å². The number of hydrogen-bond donors (Lipinski definition) is 2. The van der Waals surface area contributed by atoms with E-state index < -0.39 is 0 Å². The summed E-state index contributed by atoms with van der Waals surface area (Å²) in [4.78, 5) is 14.7. The Bertz CT molecular complexity index is 521. The van der Waals surface area contributed by atoms with Crippen LogP contribution < -0.4 is 10.6 Å². The van der Waals surface area contributed by atoms with Gasteiger partial charge >= 0.3 is 0 Å². The maximum atomic E-state index is 12.4. The highest BCUT2D eigenvalue weighted by Gasteiger charge is 2.25. The second kappa shape index (κ2) is 10.2. The Balaban J connectivity index is 0.00000144. The van der Waals surface area contributed by atoms with Crippen LogP contribution in [0.4, 0.5) is 0 Å². The van der Waals surface area contributed by atoms with Crippen LogP contribution in [0.3, 0.4) is 0 Å². The molecule has 6 heteroatoms. The lowest BCUT2D eigenvalue weighted by molar-refractivity contribution is -0.126. The number of hydrogen-bond acceptors (Lipinski definition) is 3. The standard InChI is InChI=1S/C18H27N3O.2ClH/c1-14(18(22)20-12-15-5-4-9-19-11-15)21-10-8-16-6-2-3-7-17(16)13-21;;/h2-3,6-7,14-15,19H,4-5,8-13H2,1H3,(H,20,22);2*1H. The summed E-state index contributed by atoms with van der Waals surface area (Å²) < 4.78 is 0. The Labute approximate surface area is 157 Å². The van der Waals surface area contributed by atoms with Crippen LogP contribution in [0.25, 0.3) is 0 Å². The third-order valence-corrected chi connectivity index (χ3v) is 5.05. The highest BCUT2D eigenvalue weighted by molar-refractivity contribution is 5.85. The van der Waals surface area contributed by atoms with Crippen molar-refractivity contribution < 1.29 is 4.79 Å². The van der Waals surface area contributed by atoms with Crippen molar-refractivity contribution in [3.05, 3.63) is 35.4 Å². The molecule has 2 atom stereocenters. The van der Waals surface area contributed by atoms with Crippen molar-refractivity contribution in [1.82, 2.24) is 15.5 Å². The van der Waals surface area contributed by atoms with E-state index in [1.807, 2.05) is 6.92 Å². The molecule has 2 unspecified atom stereocenters. The van der Waals surface area contributed by atoms with Gasteiger partial charge in [-0.15, -0.1) is 24.8 Å². The molecule has 1 aromatic carbocycles. The van der Waals surface area contributed by atoms with Gasteiger partial charge in [0.15, 0.2) is 0 Å². The molecule has 0 bridgehead atoms. The summed E-state index contributed by atoms with van der Waals surface area (Å²) in [5.41, 5.74) is 2.80. The molecule has 1 fully saturated rings. The number of fused-ring (bicyclic) bond motifs is 1. The van der Waals surface area contributed by atoms with Gasteiger partial charge in [0, 0.05) is 19.6 Å². The summed E-state index contributed by atoms with van der Waals surface area (Å²) in [6, 6.07) is 8.52. The van der Waals surface area contributed by atoms with Crippen molar-refractivity contribution in [2.75, 3.05) is 26.2 Å². The molecule has 0 radical (unpaired) electrons. The van der Waals surface area contributed by atoms with Crippen LogP contribution in [-0.4, -0.2) is 43.0 Å². The molecule has 2 aliphatic rings. The molecule has 2 N–H and O–H groups in total. The third kappa shape index (κ3) is 5.35. The first-order chi connectivity index (χ1) is 10.7. The number of benzene rings is 1. The number of nitrogens with one attached hydrogen (secondary N) is 2. The zero-order valence-electron chi connectivity index (χ0n) is 14.3. The van der Waals surface area contributed by atoms with E-state index in [-0.39, 0.29) is 36.8 Å². The summed E-state index contributed by atoms with van der Waals surface area (Å²) >= 11 is 0. The molecule has 4 nitrogen and oxygen atoms in total. The molecule has 1 saturated heterocycles. The van der Waals surface area contributed by atoms with Gasteiger partial charge < -0.3 is 10.6 Å². The Morgan fingerprint density at radius 2 is 2.08 bits per heavy atom. The zero-order valence-corrected chi connectivity index (χ0v) is 15.9. The van der Waals surface area contributed by atoms with Gasteiger partial charge in [-0.1, -0.05) is 24.3 Å². The Morgan fingerprint density at radius 1 is 1.33 bits per heavy atom. The molecule has 2 heterocycles. The smallest absolute Gasteiger partial charge is 0.237 e. The van der Waals surface area contributed by atoms with E-state index in [4.69, 9.17) is 0 Å². The number of amides is 1. The summed E-state index contributed by atoms with van der Waals surface area (Å²) in [6.07, 6.45) is 3.48. The molecule has 1 amide bonds. The van der Waals surface area contributed by atoms with E-state index in [0.29, 0.717) is 5.92 Å². The molecule has 3 rings (SSSR count). The second-order valence-electron chi connectivity index (χ2n) is 6.62. The first-order valence-electron chi connectivity index (χ1n) is 8.53. The van der Waals surface area contributed by atoms with Crippen LogP contribution in [0.2, 0.25) is 0 Å². The van der Waals surface area contributed by atoms with Gasteiger partial charge in [0.1, 0.15) is 0 Å². The Morgan fingerprint density at radius 3 is 2.79 bits per heavy atom. The molecule has 24 heavy (non-hydrogen) atoms. The predicted molar refractivity (Wildman–Crippen MR) is 103 cm³/mol. The molecular formula is C18H29Cl2N3O. The minimum atomic E-state index is -0.0510. The fourth-order valence-corrected chi connectivity index (χ4v) is 3.50. The molecule has 1 aromatic rings. The van der Waals surface area contributed by atoms with Gasteiger partial charge in [-0.25, -0.2) is 0 Å². The van der Waals surface area contributed by atoms with E-state index in [1.165, 1.54) is 24.0 Å². The van der Waals surface area contributed by atoms with Gasteiger partial charge in [0.05, 0.1) is 6.04 Å². The molecule has 0 aromatic heterocycles. The number of carbonyl (C=O) groups excluding carboxylic acids is 1. The van der Waals surface area contributed by atoms with Crippen molar-refractivity contribution in [3.8, 4) is 0 Å². The number of carbonyl (C=O) groups is 1. The number of rotatable bonds is 4. The average molecular weight is 374 g/mol. The van der Waals surface area contributed by atoms with E-state index >= 15 is 0 Å². The maximum absolute atomic E-state index is 12.4. The number of piperidine rings is 1. The van der Waals surface area contributed by atoms with E-state index in [1.54, 1.807) is 0 Å². The van der Waals surface area contributed by atoms with Crippen LogP contribution >= 0.6 is 24.8 Å². The minimum absolute atomic E-state index is 0. The highest BCUT2D eigenvalue weighted by Crippen LogP contribution is 2.20. The maximum Gasteiger partial charge on any atom is 0.237 e. The lowest BCUT2D eigenvalue weighted by Crippen LogP contribution is -2.48. The largest absolute Gasteiger partial charge is 0.354 e. The highest BCUT2D eigenvalue weighted by atomic mass is 35.5. The Kier molecular flexibility index (Phi) is 9.06. The van der Waals surface area contributed by atoms with Gasteiger partial charge in [0.2, 0.25) is 5.91 Å². The quantitative estimate of drug-likeness (QED) is 0.851. The van der Waals surface area contributed by atoms with Gasteiger partial charge in [-0.05, 0) is 56.3 Å². The SMILES string of the molecule is CC(C(=O)NCC1CCCNC1)N1CCc2ccccc2C1.Cl.Cl. The fourth-order valence-electron chi connectivity index (χ4n) is 3.50. The summed E-state index contributed by atoms with van der Waals surface area (Å²) in [5, 5.41) is 6.55. The molecular weight excluding hydrogens is 345 g/mol. The van der Waals surface area contributed by atoms with E-state index in [2.05, 4.69) is 39.8 Å². The topological polar surface area (TPSA) is 44.4 Å². The Hall–Kier alpha value is -0.810. The van der Waals surface area contributed by atoms with Gasteiger partial charge in [-0.3, -0.25) is 9.69 Å². The summed E-state index contributed by atoms with van der Waals surface area (Å²) in [7, 11) is 0. The van der Waals surface area contributed by atoms with Crippen molar-refractivity contribution in [1.29, 1.82) is 0 Å². The molecule has 0 saturated carbocycles. The van der Waals surface area contributed by atoms with Crippen molar-refractivity contribution >= 4 is 30.7 Å². The van der Waals surface area contributed by atoms with Gasteiger partial charge in [0.25, 0.3) is 0 Å².